The molecule has 1 atom stereocenters. The number of benzene rings is 1. The Morgan fingerprint density at radius 3 is 2.83 bits per heavy atom. The average molecular weight is 433 g/mol. The van der Waals surface area contributed by atoms with Crippen LogP contribution in [0, 0.1) is 0 Å². The average Bonchev–Trinajstić information content (AvgIpc) is 3.04. The number of aromatic nitrogens is 3. The molecule has 1 aliphatic rings. The van der Waals surface area contributed by atoms with Crippen LogP contribution in [0.5, 0.6) is 0 Å². The van der Waals surface area contributed by atoms with E-state index in [2.05, 4.69) is 26.0 Å². The third-order valence-electron chi connectivity index (χ3n) is 4.61. The van der Waals surface area contributed by atoms with E-state index in [1.807, 2.05) is 24.3 Å². The lowest BCUT2D eigenvalue weighted by Crippen LogP contribution is -2.49. The van der Waals surface area contributed by atoms with E-state index >= 15 is 0 Å². The summed E-state index contributed by atoms with van der Waals surface area (Å²) in [5.74, 6) is 5.64. The second-order valence-electron chi connectivity index (χ2n) is 6.33. The number of pyridine rings is 1. The Balaban J connectivity index is 1.92. The van der Waals surface area contributed by atoms with Gasteiger partial charge in [0.1, 0.15) is 0 Å². The Bertz CT molecular complexity index is 1120. The first-order chi connectivity index (χ1) is 14.0. The Morgan fingerprint density at radius 2 is 2.17 bits per heavy atom. The van der Waals surface area contributed by atoms with Crippen molar-refractivity contribution in [2.45, 2.75) is 15.0 Å². The highest BCUT2D eigenvalue weighted by Crippen LogP contribution is 2.35. The molecule has 1 fully saturated rings. The first kappa shape index (κ1) is 19.6. The molecule has 1 unspecified atom stereocenters. The number of amidine groups is 1. The molecule has 0 saturated carbocycles. The maximum absolute atomic E-state index is 13.0. The first-order valence-corrected chi connectivity index (χ1v) is 10.7. The molecule has 2 aromatic heterocycles. The van der Waals surface area contributed by atoms with Gasteiger partial charge < -0.3 is 16.8 Å². The maximum Gasteiger partial charge on any atom is 0.240 e. The van der Waals surface area contributed by atoms with Crippen LogP contribution in [0.1, 0.15) is 5.56 Å². The first-order valence-electron chi connectivity index (χ1n) is 8.60. The molecule has 13 heteroatoms. The molecule has 1 aliphatic heterocycles. The molecule has 1 aromatic carbocycles. The number of hydrogen-bond donors (Lipinski definition) is 6. The van der Waals surface area contributed by atoms with Gasteiger partial charge in [0.2, 0.25) is 5.95 Å². The molecular formula is C16H20N10OS2. The predicted molar refractivity (Wildman–Crippen MR) is 114 cm³/mol. The zero-order valence-corrected chi connectivity index (χ0v) is 16.8. The van der Waals surface area contributed by atoms with Crippen LogP contribution in [0.3, 0.4) is 0 Å². The van der Waals surface area contributed by atoms with Gasteiger partial charge in [-0.05, 0) is 41.3 Å². The van der Waals surface area contributed by atoms with Crippen molar-refractivity contribution in [2.24, 2.45) is 21.8 Å². The summed E-state index contributed by atoms with van der Waals surface area (Å²) in [6.45, 7) is 1.38. The molecule has 0 radical (unpaired) electrons. The Morgan fingerprint density at radius 1 is 1.38 bits per heavy atom. The quantitative estimate of drug-likeness (QED) is 0.0937. The molecule has 3 aromatic rings. The van der Waals surface area contributed by atoms with Crippen LogP contribution in [0.2, 0.25) is 0 Å². The van der Waals surface area contributed by atoms with Crippen molar-refractivity contribution < 1.29 is 4.21 Å². The van der Waals surface area contributed by atoms with E-state index in [0.717, 1.165) is 23.1 Å². The van der Waals surface area contributed by atoms with E-state index in [4.69, 9.17) is 22.4 Å². The fourth-order valence-corrected chi connectivity index (χ4v) is 5.41. The topological polar surface area (TPSA) is 188 Å². The van der Waals surface area contributed by atoms with E-state index < -0.39 is 10.8 Å². The molecule has 4 rings (SSSR count). The monoisotopic (exact) mass is 432 g/mol. The van der Waals surface area contributed by atoms with E-state index in [1.165, 1.54) is 0 Å². The SMILES string of the molecule is NN/N=C(\N)c1c(-c2ccn3nc(N)nc3c2)ccc(S(=O)C2CNC2)c1SN. The van der Waals surface area contributed by atoms with Crippen molar-refractivity contribution in [3.63, 3.8) is 0 Å². The van der Waals surface area contributed by atoms with Crippen molar-refractivity contribution in [2.75, 3.05) is 18.8 Å². The Labute approximate surface area is 172 Å². The van der Waals surface area contributed by atoms with Crippen molar-refractivity contribution in [1.29, 1.82) is 0 Å². The highest BCUT2D eigenvalue weighted by atomic mass is 32.2. The molecule has 0 bridgehead atoms. The second-order valence-corrected chi connectivity index (χ2v) is 8.67. The van der Waals surface area contributed by atoms with Gasteiger partial charge in [-0.3, -0.25) is 9.35 Å². The van der Waals surface area contributed by atoms with Crippen molar-refractivity contribution in [3.8, 4) is 11.1 Å². The van der Waals surface area contributed by atoms with Crippen LogP contribution in [0.15, 0.2) is 45.4 Å². The summed E-state index contributed by atoms with van der Waals surface area (Å²) in [4.78, 5) is 5.40. The number of hydrazone groups is 1. The molecule has 10 N–H and O–H groups in total. The lowest BCUT2D eigenvalue weighted by molar-refractivity contribution is 0.525. The van der Waals surface area contributed by atoms with Gasteiger partial charge in [-0.2, -0.15) is 4.98 Å². The van der Waals surface area contributed by atoms with Crippen LogP contribution in [-0.2, 0) is 10.8 Å². The molecule has 11 nitrogen and oxygen atoms in total. The number of nitrogens with zero attached hydrogens (tertiary/aromatic N) is 4. The zero-order chi connectivity index (χ0) is 20.5. The van der Waals surface area contributed by atoms with Crippen LogP contribution >= 0.6 is 11.9 Å². The zero-order valence-electron chi connectivity index (χ0n) is 15.2. The number of nitrogens with two attached hydrogens (primary N) is 4. The minimum atomic E-state index is -1.24. The number of nitrogens with one attached hydrogen (secondary N) is 2. The molecule has 0 amide bonds. The smallest absolute Gasteiger partial charge is 0.240 e. The summed E-state index contributed by atoms with van der Waals surface area (Å²) >= 11 is 0.977. The fraction of sp³-hybridized carbons (Fsp3) is 0.188. The van der Waals surface area contributed by atoms with Crippen LogP contribution < -0.4 is 33.3 Å². The van der Waals surface area contributed by atoms with E-state index in [9.17, 15) is 4.21 Å². The van der Waals surface area contributed by atoms with Gasteiger partial charge in [-0.15, -0.1) is 10.2 Å². The summed E-state index contributed by atoms with van der Waals surface area (Å²) in [6, 6.07) is 7.33. The van der Waals surface area contributed by atoms with Crippen molar-refractivity contribution >= 4 is 40.2 Å². The molecule has 29 heavy (non-hydrogen) atoms. The fourth-order valence-electron chi connectivity index (χ4n) is 3.12. The molecule has 1 saturated heterocycles. The van der Waals surface area contributed by atoms with Gasteiger partial charge in [-0.1, -0.05) is 6.07 Å². The highest BCUT2D eigenvalue weighted by molar-refractivity contribution is 7.98. The van der Waals surface area contributed by atoms with Crippen LogP contribution in [-0.4, -0.2) is 43.0 Å². The molecular weight excluding hydrogens is 412 g/mol. The number of hydrazine groups is 1. The normalized spacial score (nSPS) is 16.0. The van der Waals surface area contributed by atoms with Crippen molar-refractivity contribution in [1.82, 2.24) is 25.4 Å². The second kappa shape index (κ2) is 7.96. The summed E-state index contributed by atoms with van der Waals surface area (Å²) in [6.07, 6.45) is 1.74. The minimum absolute atomic E-state index is 0.0284. The summed E-state index contributed by atoms with van der Waals surface area (Å²) in [5, 5.41) is 17.1. The molecule has 0 spiro atoms. The Hall–Kier alpha value is -2.71. The largest absolute Gasteiger partial charge is 0.382 e. The summed E-state index contributed by atoms with van der Waals surface area (Å²) in [5.41, 5.74) is 16.8. The predicted octanol–water partition coefficient (Wildman–Crippen LogP) is -0.893. The number of anilines is 1. The minimum Gasteiger partial charge on any atom is -0.382 e. The van der Waals surface area contributed by atoms with Crippen LogP contribution in [0.25, 0.3) is 16.8 Å². The molecule has 3 heterocycles. The maximum atomic E-state index is 13.0. The van der Waals surface area contributed by atoms with Gasteiger partial charge >= 0.3 is 0 Å². The van der Waals surface area contributed by atoms with Gasteiger partial charge in [0, 0.05) is 24.8 Å². The molecule has 0 aliphatic carbocycles. The number of nitrogen functional groups attached to an aromatic ring is 1. The third kappa shape index (κ3) is 3.54. The van der Waals surface area contributed by atoms with E-state index in [1.54, 1.807) is 10.7 Å². The number of rotatable bonds is 6. The summed E-state index contributed by atoms with van der Waals surface area (Å²) in [7, 11) is -1.24. The number of hydrogen-bond acceptors (Lipinski definition) is 10. The third-order valence-corrected chi connectivity index (χ3v) is 7.11. The molecule has 152 valence electrons. The van der Waals surface area contributed by atoms with E-state index in [0.29, 0.717) is 34.1 Å². The Kier molecular flexibility index (Phi) is 5.38. The van der Waals surface area contributed by atoms with Crippen molar-refractivity contribution in [3.05, 3.63) is 36.0 Å². The summed E-state index contributed by atoms with van der Waals surface area (Å²) < 4.78 is 14.6. The van der Waals surface area contributed by atoms with Crippen LogP contribution in [0.4, 0.5) is 5.95 Å². The van der Waals surface area contributed by atoms with E-state index in [-0.39, 0.29) is 17.0 Å². The highest BCUT2D eigenvalue weighted by Gasteiger charge is 2.29. The number of fused-ring (bicyclic) bond motifs is 1. The van der Waals surface area contributed by atoms with Gasteiger partial charge in [0.15, 0.2) is 11.5 Å². The van der Waals surface area contributed by atoms with Gasteiger partial charge in [-0.25, -0.2) is 15.9 Å². The van der Waals surface area contributed by atoms with Gasteiger partial charge in [0.25, 0.3) is 0 Å². The standard InChI is InChI=1S/C16H20N10OS2/c17-15(23-25-19)13-10(8-3-4-26-12(5-8)22-16(18)24-26)1-2-11(14(13)28-20)29(27)9-6-21-7-9/h1-5,9,21,25H,6-7,19-20H2,(H2,17,23)(H2,18,24). The lowest BCUT2D eigenvalue weighted by atomic mass is 9.99. The lowest BCUT2D eigenvalue weighted by Gasteiger charge is -2.27. The van der Waals surface area contributed by atoms with Gasteiger partial charge in [0.05, 0.1) is 25.8 Å².